The van der Waals surface area contributed by atoms with Crippen LogP contribution in [0.5, 0.6) is 0 Å². The molecule has 1 heterocycles. The molecule has 26 heavy (non-hydrogen) atoms. The SMILES string of the molecule is O=C(c1ccccc1)n1cc(-c2ccccc2)n(-c2ccccc2)c1=S. The highest BCUT2D eigenvalue weighted by Crippen LogP contribution is 2.25. The second-order valence-corrected chi connectivity index (χ2v) is 6.24. The predicted octanol–water partition coefficient (Wildman–Crippen LogP) is 5.36. The Morgan fingerprint density at radius 1 is 0.731 bits per heavy atom. The van der Waals surface area contributed by atoms with E-state index in [1.807, 2.05) is 89.6 Å². The van der Waals surface area contributed by atoms with E-state index in [0.717, 1.165) is 16.9 Å². The fraction of sp³-hybridized carbons (Fsp3) is 0. The average Bonchev–Trinajstić information content (AvgIpc) is 3.06. The van der Waals surface area contributed by atoms with Gasteiger partial charge in [0.2, 0.25) is 0 Å². The van der Waals surface area contributed by atoms with E-state index in [0.29, 0.717) is 10.3 Å². The summed E-state index contributed by atoms with van der Waals surface area (Å²) < 4.78 is 3.93. The molecule has 4 heteroatoms. The molecule has 0 radical (unpaired) electrons. The van der Waals surface area contributed by atoms with Gasteiger partial charge in [-0.1, -0.05) is 66.7 Å². The zero-order valence-corrected chi connectivity index (χ0v) is 14.8. The summed E-state index contributed by atoms with van der Waals surface area (Å²) in [6.07, 6.45) is 1.82. The van der Waals surface area contributed by atoms with Gasteiger partial charge in [0.25, 0.3) is 5.91 Å². The van der Waals surface area contributed by atoms with Gasteiger partial charge in [0, 0.05) is 23.0 Å². The maximum absolute atomic E-state index is 13.0. The third kappa shape index (κ3) is 2.91. The highest BCUT2D eigenvalue weighted by Gasteiger charge is 2.17. The molecule has 4 rings (SSSR count). The van der Waals surface area contributed by atoms with E-state index >= 15 is 0 Å². The Hall–Kier alpha value is -3.24. The summed E-state index contributed by atoms with van der Waals surface area (Å²) in [6, 6.07) is 29.0. The lowest BCUT2D eigenvalue weighted by molar-refractivity contribution is 0.0958. The van der Waals surface area contributed by atoms with Crippen LogP contribution in [0.3, 0.4) is 0 Å². The number of carbonyl (C=O) groups is 1. The molecule has 0 spiro atoms. The molecule has 0 saturated heterocycles. The standard InChI is InChI=1S/C22H16N2OS/c25-21(18-12-6-2-7-13-18)23-16-20(17-10-4-1-5-11-17)24(22(23)26)19-14-8-3-9-15-19/h1-16H. The second-order valence-electron chi connectivity index (χ2n) is 5.88. The highest BCUT2D eigenvalue weighted by atomic mass is 32.1. The molecule has 0 aliphatic rings. The van der Waals surface area contributed by atoms with Crippen LogP contribution in [0.1, 0.15) is 10.4 Å². The number of nitrogens with zero attached hydrogens (tertiary/aromatic N) is 2. The summed E-state index contributed by atoms with van der Waals surface area (Å²) >= 11 is 5.68. The lowest BCUT2D eigenvalue weighted by Crippen LogP contribution is -2.11. The first-order valence-electron chi connectivity index (χ1n) is 8.31. The van der Waals surface area contributed by atoms with Gasteiger partial charge in [-0.05, 0) is 36.5 Å². The predicted molar refractivity (Wildman–Crippen MR) is 106 cm³/mol. The number of hydrogen-bond acceptors (Lipinski definition) is 2. The van der Waals surface area contributed by atoms with Crippen molar-refractivity contribution >= 4 is 18.1 Å². The molecule has 0 unspecified atom stereocenters. The second kappa shape index (κ2) is 6.94. The van der Waals surface area contributed by atoms with Gasteiger partial charge in [-0.15, -0.1) is 0 Å². The topological polar surface area (TPSA) is 26.9 Å². The van der Waals surface area contributed by atoms with Crippen LogP contribution in [0.2, 0.25) is 0 Å². The maximum atomic E-state index is 13.0. The minimum absolute atomic E-state index is 0.137. The van der Waals surface area contributed by atoms with E-state index in [2.05, 4.69) is 0 Å². The van der Waals surface area contributed by atoms with E-state index in [1.54, 1.807) is 16.7 Å². The molecule has 3 nitrogen and oxygen atoms in total. The largest absolute Gasteiger partial charge is 0.285 e. The maximum Gasteiger partial charge on any atom is 0.264 e. The van der Waals surface area contributed by atoms with Crippen molar-refractivity contribution in [2.75, 3.05) is 0 Å². The number of hydrogen-bond donors (Lipinski definition) is 0. The molecular formula is C22H16N2OS. The van der Waals surface area contributed by atoms with E-state index in [1.165, 1.54) is 0 Å². The molecule has 0 saturated carbocycles. The fourth-order valence-electron chi connectivity index (χ4n) is 2.95. The van der Waals surface area contributed by atoms with Crippen molar-refractivity contribution in [2.45, 2.75) is 0 Å². The van der Waals surface area contributed by atoms with Crippen LogP contribution in [0, 0.1) is 4.77 Å². The molecule has 0 aliphatic carbocycles. The summed E-state index contributed by atoms with van der Waals surface area (Å²) in [5.41, 5.74) is 3.41. The Balaban J connectivity index is 1.94. The van der Waals surface area contributed by atoms with Crippen molar-refractivity contribution in [1.29, 1.82) is 0 Å². The van der Waals surface area contributed by atoms with Crippen molar-refractivity contribution in [2.24, 2.45) is 0 Å². The molecule has 0 fully saturated rings. The monoisotopic (exact) mass is 356 g/mol. The molecule has 0 N–H and O–H groups in total. The quantitative estimate of drug-likeness (QED) is 0.462. The number of rotatable bonds is 3. The number of carbonyl (C=O) groups excluding carboxylic acids is 1. The van der Waals surface area contributed by atoms with Gasteiger partial charge in [-0.3, -0.25) is 13.9 Å². The summed E-state index contributed by atoms with van der Waals surface area (Å²) in [5.74, 6) is -0.137. The van der Waals surface area contributed by atoms with Gasteiger partial charge in [0.15, 0.2) is 4.77 Å². The van der Waals surface area contributed by atoms with Gasteiger partial charge < -0.3 is 0 Å². The van der Waals surface area contributed by atoms with Crippen LogP contribution in [-0.4, -0.2) is 15.0 Å². The van der Waals surface area contributed by atoms with Crippen LogP contribution >= 0.6 is 12.2 Å². The minimum atomic E-state index is -0.137. The van der Waals surface area contributed by atoms with Crippen molar-refractivity contribution in [3.63, 3.8) is 0 Å². The van der Waals surface area contributed by atoms with Crippen LogP contribution in [-0.2, 0) is 0 Å². The smallest absolute Gasteiger partial charge is 0.264 e. The van der Waals surface area contributed by atoms with Crippen molar-refractivity contribution in [3.8, 4) is 16.9 Å². The third-order valence-corrected chi connectivity index (χ3v) is 4.59. The molecule has 126 valence electrons. The number of benzene rings is 3. The molecule has 3 aromatic carbocycles. The number of imidazole rings is 1. The van der Waals surface area contributed by atoms with Gasteiger partial charge >= 0.3 is 0 Å². The van der Waals surface area contributed by atoms with Gasteiger partial charge in [-0.25, -0.2) is 0 Å². The van der Waals surface area contributed by atoms with Gasteiger partial charge in [-0.2, -0.15) is 0 Å². The zero-order chi connectivity index (χ0) is 17.9. The molecule has 0 atom stereocenters. The van der Waals surface area contributed by atoms with E-state index in [9.17, 15) is 4.79 Å². The first-order valence-corrected chi connectivity index (χ1v) is 8.71. The Morgan fingerprint density at radius 2 is 1.27 bits per heavy atom. The first-order chi connectivity index (χ1) is 12.8. The van der Waals surface area contributed by atoms with Crippen LogP contribution in [0.25, 0.3) is 16.9 Å². The third-order valence-electron chi connectivity index (χ3n) is 4.21. The van der Waals surface area contributed by atoms with E-state index in [-0.39, 0.29) is 5.91 Å². The molecule has 1 aromatic heterocycles. The molecule has 0 bridgehead atoms. The first kappa shape index (κ1) is 16.2. The molecule has 0 aliphatic heterocycles. The van der Waals surface area contributed by atoms with Crippen molar-refractivity contribution in [1.82, 2.24) is 9.13 Å². The zero-order valence-electron chi connectivity index (χ0n) is 13.9. The van der Waals surface area contributed by atoms with Crippen molar-refractivity contribution in [3.05, 3.63) is 108 Å². The Morgan fingerprint density at radius 3 is 1.88 bits per heavy atom. The van der Waals surface area contributed by atoms with Crippen LogP contribution in [0.4, 0.5) is 0 Å². The molecular weight excluding hydrogens is 340 g/mol. The minimum Gasteiger partial charge on any atom is -0.285 e. The Labute approximate surface area is 156 Å². The molecule has 4 aromatic rings. The lowest BCUT2D eigenvalue weighted by atomic mass is 10.1. The van der Waals surface area contributed by atoms with E-state index in [4.69, 9.17) is 12.2 Å². The molecule has 0 amide bonds. The summed E-state index contributed by atoms with van der Waals surface area (Å²) in [6.45, 7) is 0. The average molecular weight is 356 g/mol. The summed E-state index contributed by atoms with van der Waals surface area (Å²) in [4.78, 5) is 13.0. The summed E-state index contributed by atoms with van der Waals surface area (Å²) in [7, 11) is 0. The normalized spacial score (nSPS) is 10.6. The Bertz CT molecular complexity index is 1100. The lowest BCUT2D eigenvalue weighted by Gasteiger charge is -2.08. The Kier molecular flexibility index (Phi) is 4.33. The van der Waals surface area contributed by atoms with E-state index < -0.39 is 0 Å². The highest BCUT2D eigenvalue weighted by molar-refractivity contribution is 7.71. The fourth-order valence-corrected chi connectivity index (χ4v) is 3.29. The van der Waals surface area contributed by atoms with Crippen LogP contribution < -0.4 is 0 Å². The number of para-hydroxylation sites is 1. The number of aromatic nitrogens is 2. The van der Waals surface area contributed by atoms with Crippen LogP contribution in [0.15, 0.2) is 97.2 Å². The summed E-state index contributed by atoms with van der Waals surface area (Å²) in [5, 5.41) is 0. The van der Waals surface area contributed by atoms with Gasteiger partial charge in [0.05, 0.1) is 5.69 Å². The van der Waals surface area contributed by atoms with Gasteiger partial charge in [0.1, 0.15) is 0 Å². The van der Waals surface area contributed by atoms with Crippen molar-refractivity contribution < 1.29 is 4.79 Å².